The van der Waals surface area contributed by atoms with E-state index < -0.39 is 9.73 Å². The summed E-state index contributed by atoms with van der Waals surface area (Å²) in [6.07, 6.45) is 3.30. The van der Waals surface area contributed by atoms with Crippen LogP contribution in [0.1, 0.15) is 11.1 Å². The molecule has 0 aliphatic carbocycles. The van der Waals surface area contributed by atoms with Crippen LogP contribution in [0.15, 0.2) is 22.6 Å². The number of hydrogen-bond acceptors (Lipinski definition) is 3. The van der Waals surface area contributed by atoms with Crippen molar-refractivity contribution >= 4 is 15.4 Å². The minimum absolute atomic E-state index is 0.822. The fourth-order valence-corrected chi connectivity index (χ4v) is 2.21. The van der Waals surface area contributed by atoms with Crippen molar-refractivity contribution in [3.8, 4) is 0 Å². The summed E-state index contributed by atoms with van der Waals surface area (Å²) in [7, 11) is -2.04. The molecular weight excluding hydrogens is 196 g/mol. The van der Waals surface area contributed by atoms with Gasteiger partial charge in [-0.1, -0.05) is 6.07 Å². The number of benzene rings is 1. The first-order valence-electron chi connectivity index (χ1n) is 4.54. The molecule has 0 atom stereocenters. The highest BCUT2D eigenvalue weighted by molar-refractivity contribution is 7.92. The van der Waals surface area contributed by atoms with Crippen LogP contribution in [-0.4, -0.2) is 16.7 Å². The minimum atomic E-state index is -2.04. The highest BCUT2D eigenvalue weighted by atomic mass is 32.2. The van der Waals surface area contributed by atoms with Gasteiger partial charge in [-0.2, -0.15) is 4.36 Å². The maximum atomic E-state index is 11.5. The molecule has 0 saturated heterocycles. The molecule has 0 amide bonds. The maximum Gasteiger partial charge on any atom is 0.0733 e. The van der Waals surface area contributed by atoms with Gasteiger partial charge in [0.1, 0.15) is 0 Å². The summed E-state index contributed by atoms with van der Waals surface area (Å²) in [5, 5.41) is 3.26. The molecular formula is C10H14N2OS. The van der Waals surface area contributed by atoms with Crippen molar-refractivity contribution in [2.45, 2.75) is 13.1 Å². The molecule has 1 heterocycles. The Morgan fingerprint density at radius 1 is 1.29 bits per heavy atom. The van der Waals surface area contributed by atoms with E-state index in [9.17, 15) is 4.21 Å². The average Bonchev–Trinajstić information content (AvgIpc) is 2.47. The lowest BCUT2D eigenvalue weighted by atomic mass is 10.1. The van der Waals surface area contributed by atoms with Crippen LogP contribution in [-0.2, 0) is 22.8 Å². The molecule has 76 valence electrons. The van der Waals surface area contributed by atoms with Gasteiger partial charge in [0.05, 0.1) is 5.69 Å². The van der Waals surface area contributed by atoms with Gasteiger partial charge in [0.15, 0.2) is 0 Å². The first-order valence-corrected chi connectivity index (χ1v) is 6.87. The van der Waals surface area contributed by atoms with Crippen molar-refractivity contribution in [3.63, 3.8) is 0 Å². The van der Waals surface area contributed by atoms with Crippen molar-refractivity contribution in [1.29, 1.82) is 0 Å². The zero-order valence-electron chi connectivity index (χ0n) is 8.41. The van der Waals surface area contributed by atoms with Crippen molar-refractivity contribution in [3.05, 3.63) is 29.3 Å². The molecule has 1 aromatic rings. The van der Waals surface area contributed by atoms with E-state index in [0.29, 0.717) is 0 Å². The lowest BCUT2D eigenvalue weighted by molar-refractivity contribution is 0.684. The molecule has 0 bridgehead atoms. The van der Waals surface area contributed by atoms with Crippen LogP contribution in [0.25, 0.3) is 0 Å². The van der Waals surface area contributed by atoms with Gasteiger partial charge in [-0.3, -0.25) is 0 Å². The Bertz CT molecular complexity index is 465. The Hall–Kier alpha value is -0.870. The van der Waals surface area contributed by atoms with Gasteiger partial charge in [-0.05, 0) is 23.3 Å². The molecule has 2 rings (SSSR count). The fraction of sp³-hybridized carbons (Fsp3) is 0.400. The van der Waals surface area contributed by atoms with Crippen molar-refractivity contribution < 1.29 is 4.21 Å². The fourth-order valence-electron chi connectivity index (χ4n) is 1.59. The summed E-state index contributed by atoms with van der Waals surface area (Å²) >= 11 is 0. The smallest absolute Gasteiger partial charge is 0.0733 e. The van der Waals surface area contributed by atoms with Crippen LogP contribution in [0.5, 0.6) is 0 Å². The molecule has 14 heavy (non-hydrogen) atoms. The number of rotatable bonds is 1. The van der Waals surface area contributed by atoms with Gasteiger partial charge in [0.25, 0.3) is 0 Å². The summed E-state index contributed by atoms with van der Waals surface area (Å²) in [6, 6.07) is 6.00. The van der Waals surface area contributed by atoms with E-state index in [0.717, 1.165) is 18.8 Å². The molecule has 0 radical (unpaired) electrons. The Morgan fingerprint density at radius 3 is 2.71 bits per heavy atom. The highest BCUT2D eigenvalue weighted by Crippen LogP contribution is 2.22. The summed E-state index contributed by atoms with van der Waals surface area (Å²) < 4.78 is 15.6. The molecule has 1 N–H and O–H groups in total. The Morgan fingerprint density at radius 2 is 2.00 bits per heavy atom. The Labute approximate surface area is 84.7 Å². The number of fused-ring (bicyclic) bond motifs is 1. The van der Waals surface area contributed by atoms with E-state index in [-0.39, 0.29) is 0 Å². The predicted octanol–water partition coefficient (Wildman–Crippen LogP) is 1.65. The second kappa shape index (κ2) is 3.37. The molecule has 1 aliphatic heterocycles. The average molecular weight is 210 g/mol. The summed E-state index contributed by atoms with van der Waals surface area (Å²) in [6.45, 7) is 1.83. The second-order valence-corrected chi connectivity index (χ2v) is 6.37. The molecule has 0 spiro atoms. The van der Waals surface area contributed by atoms with E-state index in [1.807, 2.05) is 12.1 Å². The van der Waals surface area contributed by atoms with E-state index in [1.165, 1.54) is 11.1 Å². The van der Waals surface area contributed by atoms with Crippen molar-refractivity contribution in [2.24, 2.45) is 4.36 Å². The van der Waals surface area contributed by atoms with E-state index in [1.54, 1.807) is 12.5 Å². The zero-order valence-corrected chi connectivity index (χ0v) is 9.23. The first-order chi connectivity index (χ1) is 6.54. The van der Waals surface area contributed by atoms with E-state index >= 15 is 0 Å². The van der Waals surface area contributed by atoms with E-state index in [2.05, 4.69) is 15.7 Å². The Balaban J connectivity index is 2.44. The van der Waals surface area contributed by atoms with Gasteiger partial charge in [0, 0.05) is 35.3 Å². The third-order valence-corrected chi connectivity index (χ3v) is 2.80. The van der Waals surface area contributed by atoms with Crippen LogP contribution in [0, 0.1) is 0 Å². The van der Waals surface area contributed by atoms with Gasteiger partial charge >= 0.3 is 0 Å². The van der Waals surface area contributed by atoms with Crippen LogP contribution >= 0.6 is 0 Å². The summed E-state index contributed by atoms with van der Waals surface area (Å²) in [5.74, 6) is 0. The normalized spacial score (nSPS) is 15.3. The lowest BCUT2D eigenvalue weighted by Crippen LogP contribution is -1.99. The predicted molar refractivity (Wildman–Crippen MR) is 59.1 cm³/mol. The topological polar surface area (TPSA) is 41.5 Å². The van der Waals surface area contributed by atoms with Crippen LogP contribution in [0.4, 0.5) is 5.69 Å². The zero-order chi connectivity index (χ0) is 10.2. The minimum Gasteiger partial charge on any atom is -0.309 e. The lowest BCUT2D eigenvalue weighted by Gasteiger charge is -2.00. The first kappa shape index (κ1) is 9.68. The second-order valence-electron chi connectivity index (χ2n) is 3.83. The number of hydrogen-bond donors (Lipinski definition) is 1. The molecule has 4 heteroatoms. The third-order valence-electron chi connectivity index (χ3n) is 2.15. The Kier molecular flexibility index (Phi) is 2.33. The van der Waals surface area contributed by atoms with Crippen LogP contribution in [0.3, 0.4) is 0 Å². The number of nitrogens with one attached hydrogen (secondary N) is 1. The van der Waals surface area contributed by atoms with Gasteiger partial charge in [0.2, 0.25) is 0 Å². The molecule has 1 aliphatic rings. The maximum absolute atomic E-state index is 11.5. The van der Waals surface area contributed by atoms with Gasteiger partial charge < -0.3 is 5.32 Å². The van der Waals surface area contributed by atoms with Gasteiger partial charge in [-0.25, -0.2) is 4.21 Å². The molecule has 0 unspecified atom stereocenters. The van der Waals surface area contributed by atoms with Crippen LogP contribution in [0.2, 0.25) is 0 Å². The summed E-state index contributed by atoms with van der Waals surface area (Å²) in [5.41, 5.74) is 3.42. The standard InChI is InChI=1S/C10H14N2OS/c1-14(2,13)12-10-4-3-8-6-11-7-9(8)5-10/h3-5,11H,6-7H2,1-2H3. The SMILES string of the molecule is CS(C)(=O)=Nc1ccc2c(c1)CNC2. The summed E-state index contributed by atoms with van der Waals surface area (Å²) in [4.78, 5) is 0. The molecule has 0 aromatic heterocycles. The van der Waals surface area contributed by atoms with Gasteiger partial charge in [-0.15, -0.1) is 0 Å². The molecule has 0 saturated carbocycles. The monoisotopic (exact) mass is 210 g/mol. The molecule has 1 aromatic carbocycles. The number of nitrogens with zero attached hydrogens (tertiary/aromatic N) is 1. The van der Waals surface area contributed by atoms with Crippen LogP contribution < -0.4 is 5.32 Å². The van der Waals surface area contributed by atoms with Crippen molar-refractivity contribution in [1.82, 2.24) is 5.32 Å². The highest BCUT2D eigenvalue weighted by Gasteiger charge is 2.09. The quantitative estimate of drug-likeness (QED) is 0.765. The largest absolute Gasteiger partial charge is 0.309 e. The van der Waals surface area contributed by atoms with Crippen molar-refractivity contribution in [2.75, 3.05) is 12.5 Å². The molecule has 0 fully saturated rings. The third kappa shape index (κ3) is 2.13. The van der Waals surface area contributed by atoms with E-state index in [4.69, 9.17) is 0 Å². The molecule has 3 nitrogen and oxygen atoms in total.